The number of aromatic nitrogens is 3. The number of nitrogens with two attached hydrogens (primary N) is 1. The second-order valence-corrected chi connectivity index (χ2v) is 5.75. The van der Waals surface area contributed by atoms with Gasteiger partial charge in [0.1, 0.15) is 5.82 Å². The molecule has 6 nitrogen and oxygen atoms in total. The fourth-order valence-electron chi connectivity index (χ4n) is 2.16. The van der Waals surface area contributed by atoms with Gasteiger partial charge in [0.15, 0.2) is 0 Å². The molecule has 0 atom stereocenters. The molecule has 1 saturated carbocycles. The maximum atomic E-state index is 10.9. The molecule has 0 aliphatic heterocycles. The average molecular weight is 244 g/mol. The molecule has 0 aromatic carbocycles. The summed E-state index contributed by atoms with van der Waals surface area (Å²) in [7, 11) is -3.77. The summed E-state index contributed by atoms with van der Waals surface area (Å²) < 4.78 is 21.9. The van der Waals surface area contributed by atoms with Crippen LogP contribution in [0.15, 0.2) is 5.16 Å². The molecule has 1 fully saturated rings. The molecule has 3 N–H and O–H groups in total. The summed E-state index contributed by atoms with van der Waals surface area (Å²) in [6.07, 6.45) is 6.95. The van der Waals surface area contributed by atoms with Crippen molar-refractivity contribution in [1.82, 2.24) is 15.2 Å². The van der Waals surface area contributed by atoms with Crippen LogP contribution in [0.3, 0.4) is 0 Å². The summed E-state index contributed by atoms with van der Waals surface area (Å²) in [6.45, 7) is 0. The molecule has 0 radical (unpaired) electrons. The lowest BCUT2D eigenvalue weighted by Crippen LogP contribution is -2.14. The van der Waals surface area contributed by atoms with Crippen LogP contribution in [0.2, 0.25) is 0 Å². The summed E-state index contributed by atoms with van der Waals surface area (Å²) >= 11 is 0. The summed E-state index contributed by atoms with van der Waals surface area (Å²) in [6, 6.07) is 0. The van der Waals surface area contributed by atoms with Gasteiger partial charge >= 0.3 is 0 Å². The van der Waals surface area contributed by atoms with Gasteiger partial charge in [-0.15, -0.1) is 5.10 Å². The number of nitrogens with one attached hydrogen (secondary N) is 1. The zero-order valence-corrected chi connectivity index (χ0v) is 9.83. The van der Waals surface area contributed by atoms with Crippen molar-refractivity contribution in [2.24, 2.45) is 11.1 Å². The van der Waals surface area contributed by atoms with Gasteiger partial charge in [-0.05, 0) is 12.3 Å². The largest absolute Gasteiger partial charge is 0.282 e. The molecule has 1 aliphatic carbocycles. The number of hydrogen-bond acceptors (Lipinski definition) is 4. The van der Waals surface area contributed by atoms with Crippen molar-refractivity contribution < 1.29 is 8.42 Å². The fourth-order valence-corrected chi connectivity index (χ4v) is 2.57. The van der Waals surface area contributed by atoms with Crippen LogP contribution in [0.25, 0.3) is 0 Å². The molecule has 90 valence electrons. The van der Waals surface area contributed by atoms with Crippen molar-refractivity contribution in [1.29, 1.82) is 0 Å². The van der Waals surface area contributed by atoms with Crippen LogP contribution in [0, 0.1) is 5.92 Å². The SMILES string of the molecule is NS(=O)(=O)c1n[nH]c(CCC2CCCC2)n1. The minimum Gasteiger partial charge on any atom is -0.262 e. The number of hydrogen-bond donors (Lipinski definition) is 2. The first kappa shape index (κ1) is 11.5. The molecule has 1 aromatic rings. The van der Waals surface area contributed by atoms with Gasteiger partial charge < -0.3 is 0 Å². The zero-order chi connectivity index (χ0) is 11.6. The van der Waals surface area contributed by atoms with E-state index in [1.54, 1.807) is 0 Å². The summed E-state index contributed by atoms with van der Waals surface area (Å²) in [4.78, 5) is 3.86. The summed E-state index contributed by atoms with van der Waals surface area (Å²) in [5, 5.41) is 10.8. The van der Waals surface area contributed by atoms with Gasteiger partial charge in [0, 0.05) is 6.42 Å². The van der Waals surface area contributed by atoms with Gasteiger partial charge in [-0.1, -0.05) is 25.7 Å². The number of aromatic amines is 1. The van der Waals surface area contributed by atoms with Gasteiger partial charge in [0.2, 0.25) is 0 Å². The second-order valence-electron chi connectivity index (χ2n) is 4.30. The predicted octanol–water partition coefficient (Wildman–Crippen LogP) is 0.575. The number of rotatable bonds is 4. The molecule has 2 rings (SSSR count). The van der Waals surface area contributed by atoms with Gasteiger partial charge in [0.25, 0.3) is 15.2 Å². The normalized spacial score (nSPS) is 18.1. The van der Waals surface area contributed by atoms with Gasteiger partial charge in [-0.25, -0.2) is 18.5 Å². The first-order valence-electron chi connectivity index (χ1n) is 5.50. The highest BCUT2D eigenvalue weighted by atomic mass is 32.2. The van der Waals surface area contributed by atoms with E-state index in [4.69, 9.17) is 5.14 Å². The van der Waals surface area contributed by atoms with Crippen LogP contribution >= 0.6 is 0 Å². The van der Waals surface area contributed by atoms with Gasteiger partial charge in [0.05, 0.1) is 0 Å². The Hall–Kier alpha value is -0.950. The van der Waals surface area contributed by atoms with E-state index in [1.807, 2.05) is 0 Å². The van der Waals surface area contributed by atoms with Crippen LogP contribution in [0.1, 0.15) is 37.9 Å². The number of aryl methyl sites for hydroxylation is 1. The molecule has 0 unspecified atom stereocenters. The van der Waals surface area contributed by atoms with Crippen LogP contribution in [0.4, 0.5) is 0 Å². The Morgan fingerprint density at radius 2 is 2.06 bits per heavy atom. The van der Waals surface area contributed by atoms with Crippen molar-refractivity contribution >= 4 is 10.0 Å². The smallest absolute Gasteiger partial charge is 0.262 e. The third-order valence-electron chi connectivity index (χ3n) is 3.03. The van der Waals surface area contributed by atoms with Crippen LogP contribution in [0.5, 0.6) is 0 Å². The van der Waals surface area contributed by atoms with Crippen molar-refractivity contribution in [3.05, 3.63) is 5.82 Å². The standard InChI is InChI=1S/C9H16N4O2S/c10-16(14,15)9-11-8(12-13-9)6-5-7-3-1-2-4-7/h7H,1-6H2,(H2,10,14,15)(H,11,12,13). The molecule has 0 saturated heterocycles. The number of nitrogens with zero attached hydrogens (tertiary/aromatic N) is 2. The van der Waals surface area contributed by atoms with Crippen LogP contribution < -0.4 is 5.14 Å². The highest BCUT2D eigenvalue weighted by Crippen LogP contribution is 2.28. The topological polar surface area (TPSA) is 102 Å². The molecule has 1 aliphatic rings. The Balaban J connectivity index is 1.92. The fraction of sp³-hybridized carbons (Fsp3) is 0.778. The van der Waals surface area contributed by atoms with Gasteiger partial charge in [-0.3, -0.25) is 5.10 Å². The quantitative estimate of drug-likeness (QED) is 0.808. The maximum absolute atomic E-state index is 10.9. The molecule has 0 bridgehead atoms. The maximum Gasteiger partial charge on any atom is 0.282 e. The van der Waals surface area contributed by atoms with E-state index in [2.05, 4.69) is 15.2 Å². The van der Waals surface area contributed by atoms with Crippen molar-refractivity contribution in [2.45, 2.75) is 43.7 Å². The molecule has 7 heteroatoms. The first-order chi connectivity index (χ1) is 7.55. The predicted molar refractivity (Wildman–Crippen MR) is 58.0 cm³/mol. The van der Waals surface area contributed by atoms with E-state index in [0.717, 1.165) is 18.8 Å². The van der Waals surface area contributed by atoms with E-state index in [0.29, 0.717) is 5.82 Å². The van der Waals surface area contributed by atoms with E-state index in [1.165, 1.54) is 25.7 Å². The van der Waals surface area contributed by atoms with E-state index < -0.39 is 10.0 Å². The Bertz CT molecular complexity index is 448. The van der Waals surface area contributed by atoms with E-state index in [9.17, 15) is 8.42 Å². The average Bonchev–Trinajstić information content (AvgIpc) is 2.85. The first-order valence-corrected chi connectivity index (χ1v) is 7.04. The number of H-pyrrole nitrogens is 1. The highest BCUT2D eigenvalue weighted by Gasteiger charge is 2.17. The molecule has 0 spiro atoms. The number of sulfonamides is 1. The Labute approximate surface area is 94.7 Å². The molecular weight excluding hydrogens is 228 g/mol. The van der Waals surface area contributed by atoms with Gasteiger partial charge in [-0.2, -0.15) is 0 Å². The Morgan fingerprint density at radius 3 is 2.62 bits per heavy atom. The number of primary sulfonamides is 1. The molecule has 1 heterocycles. The van der Waals surface area contributed by atoms with Crippen molar-refractivity contribution in [3.63, 3.8) is 0 Å². The lowest BCUT2D eigenvalue weighted by Gasteiger charge is -2.05. The van der Waals surface area contributed by atoms with Crippen LogP contribution in [-0.2, 0) is 16.4 Å². The monoisotopic (exact) mass is 244 g/mol. The summed E-state index contributed by atoms with van der Waals surface area (Å²) in [5.74, 6) is 1.36. The Morgan fingerprint density at radius 1 is 1.38 bits per heavy atom. The second kappa shape index (κ2) is 4.50. The van der Waals surface area contributed by atoms with Crippen molar-refractivity contribution in [2.75, 3.05) is 0 Å². The third kappa shape index (κ3) is 2.79. The minimum absolute atomic E-state index is 0.311. The molecule has 1 aromatic heterocycles. The minimum atomic E-state index is -3.77. The van der Waals surface area contributed by atoms with Crippen LogP contribution in [-0.4, -0.2) is 23.6 Å². The van der Waals surface area contributed by atoms with E-state index >= 15 is 0 Å². The van der Waals surface area contributed by atoms with E-state index in [-0.39, 0.29) is 5.16 Å². The zero-order valence-electron chi connectivity index (χ0n) is 9.02. The van der Waals surface area contributed by atoms with Crippen molar-refractivity contribution in [3.8, 4) is 0 Å². The summed E-state index contributed by atoms with van der Waals surface area (Å²) in [5.41, 5.74) is 0. The Kier molecular flexibility index (Phi) is 3.25. The highest BCUT2D eigenvalue weighted by molar-refractivity contribution is 7.89. The lowest BCUT2D eigenvalue weighted by molar-refractivity contribution is 0.497. The molecule has 16 heavy (non-hydrogen) atoms. The third-order valence-corrected chi connectivity index (χ3v) is 3.72. The lowest BCUT2D eigenvalue weighted by atomic mass is 10.0. The molecule has 0 amide bonds. The molecular formula is C9H16N4O2S.